The number of nitrogens with two attached hydrogens (primary N) is 3. The lowest BCUT2D eigenvalue weighted by Crippen LogP contribution is -2.46. The molecule has 0 spiro atoms. The number of imidazole rings is 2. The van der Waals surface area contributed by atoms with Gasteiger partial charge >= 0.3 is 0 Å². The Morgan fingerprint density at radius 1 is 0.627 bits per heavy atom. The molecule has 7 rings (SSSR count). The van der Waals surface area contributed by atoms with E-state index in [4.69, 9.17) is 36.6 Å². The lowest BCUT2D eigenvalue weighted by atomic mass is 10.1. The zero-order chi connectivity index (χ0) is 54.6. The third-order valence-corrected chi connectivity index (χ3v) is 12.5. The number of allylic oxidation sites excluding steroid dienone is 2. The highest BCUT2D eigenvalue weighted by Crippen LogP contribution is 2.33. The average Bonchev–Trinajstić information content (AvgIpc) is 4.17. The number of carbonyl (C=O) groups excluding carboxylic acids is 4. The summed E-state index contributed by atoms with van der Waals surface area (Å²) in [4.78, 5) is 67.2. The van der Waals surface area contributed by atoms with Crippen LogP contribution in [0.1, 0.15) is 140 Å². The van der Waals surface area contributed by atoms with Gasteiger partial charge in [-0.3, -0.25) is 39.2 Å². The number of ether oxygens (including phenoxy) is 2. The monoisotopic (exact) mass is 1040 g/mol. The van der Waals surface area contributed by atoms with E-state index in [1.807, 2.05) is 58.3 Å². The molecule has 0 saturated carbocycles. The third-order valence-electron chi connectivity index (χ3n) is 12.5. The molecule has 4 aromatic heterocycles. The molecule has 1 saturated heterocycles. The summed E-state index contributed by atoms with van der Waals surface area (Å²) in [5.41, 5.74) is 21.5. The third kappa shape index (κ3) is 15.5. The molecule has 5 heterocycles. The average molecular weight is 1040 g/mol. The number of amides is 4. The van der Waals surface area contributed by atoms with Gasteiger partial charge in [-0.25, -0.2) is 9.97 Å². The molecule has 0 aliphatic carbocycles. The molecule has 0 bridgehead atoms. The molecule has 1 fully saturated rings. The molecule has 0 unspecified atom stereocenters. The summed E-state index contributed by atoms with van der Waals surface area (Å²) >= 11 is 0. The lowest BCUT2D eigenvalue weighted by molar-refractivity contribution is 0.0991. The molecule has 75 heavy (non-hydrogen) atoms. The number of aromatic nitrogens is 8. The fraction of sp³-hybridized carbons (Fsp3) is 0.519. The van der Waals surface area contributed by atoms with Crippen molar-refractivity contribution in [2.75, 3.05) is 70.2 Å². The van der Waals surface area contributed by atoms with E-state index in [1.54, 1.807) is 44.3 Å². The zero-order valence-corrected chi connectivity index (χ0v) is 45.7. The van der Waals surface area contributed by atoms with E-state index in [1.165, 1.54) is 45.3 Å². The number of hydrogen-bond donors (Lipinski definition) is 5. The van der Waals surface area contributed by atoms with E-state index >= 15 is 0 Å². The van der Waals surface area contributed by atoms with Crippen LogP contribution in [-0.4, -0.2) is 132 Å². The van der Waals surface area contributed by atoms with Gasteiger partial charge in [-0.05, 0) is 96.4 Å². The topological polar surface area (TPSA) is 267 Å². The quantitative estimate of drug-likeness (QED) is 0.0282. The molecular weight excluding hydrogens is 955 g/mol. The van der Waals surface area contributed by atoms with Crippen LogP contribution in [0.3, 0.4) is 0 Å². The van der Waals surface area contributed by atoms with Crippen molar-refractivity contribution in [3.8, 4) is 11.5 Å². The maximum Gasteiger partial charge on any atom is 0.276 e. The first-order chi connectivity index (χ1) is 36.2. The van der Waals surface area contributed by atoms with E-state index in [2.05, 4.69) is 44.5 Å². The number of nitrogens with zero attached hydrogens (tertiary/aromatic N) is 10. The Kier molecular flexibility index (Phi) is 22.8. The number of nitrogens with one attached hydrogen (secondary N) is 2. The smallest absolute Gasteiger partial charge is 0.276 e. The summed E-state index contributed by atoms with van der Waals surface area (Å²) in [5, 5.41) is 14.8. The second-order valence-corrected chi connectivity index (χ2v) is 18.2. The number of anilines is 2. The highest BCUT2D eigenvalue weighted by atomic mass is 16.5. The summed E-state index contributed by atoms with van der Waals surface area (Å²) in [5.74, 6) is -1.05. The van der Waals surface area contributed by atoms with E-state index in [-0.39, 0.29) is 36.1 Å². The standard InChI is InChI=1S/C49H67N15O6.C3H8.C2H6/c1-6-63-38(26-32(3)57-63)46(67)55-48-53-36-28-34(44(51)65)30-40(69-5)42(36)61(48)19-13-14-20-62-43-37(54-49(62)56-47(68)39-27-33(4)58-64(39)7-2)29-35(45(52)66)31-41(43)70-25-15-18-60-23-21-59(22-24-60)17-12-10-8-9-11-16-50;1-3-2;1-2/h13-14,26-31H,6-12,15-25,50H2,1-5H3,(H2,51,65)(H2,52,66)(H,53,55,67)(H,54,56,68);3H2,1-2H3;1-2H3/b14-13+;;. The summed E-state index contributed by atoms with van der Waals surface area (Å²) in [7, 11) is 1.47. The maximum absolute atomic E-state index is 13.9. The molecule has 6 aromatic rings. The number of fused-ring (bicyclic) bond motifs is 2. The van der Waals surface area contributed by atoms with Crippen LogP contribution < -0.4 is 37.3 Å². The van der Waals surface area contributed by atoms with Gasteiger partial charge in [-0.1, -0.05) is 65.5 Å². The van der Waals surface area contributed by atoms with E-state index in [9.17, 15) is 19.2 Å². The van der Waals surface area contributed by atoms with Crippen molar-refractivity contribution in [2.24, 2.45) is 17.2 Å². The molecule has 8 N–H and O–H groups in total. The summed E-state index contributed by atoms with van der Waals surface area (Å²) in [6, 6.07) is 9.69. The largest absolute Gasteiger partial charge is 0.494 e. The normalized spacial score (nSPS) is 12.9. The van der Waals surface area contributed by atoms with Gasteiger partial charge < -0.3 is 45.6 Å². The van der Waals surface area contributed by atoms with Crippen LogP contribution >= 0.6 is 0 Å². The fourth-order valence-corrected chi connectivity index (χ4v) is 8.90. The van der Waals surface area contributed by atoms with E-state index in [0.717, 1.165) is 58.7 Å². The van der Waals surface area contributed by atoms with Crippen LogP contribution in [0.25, 0.3) is 22.1 Å². The highest BCUT2D eigenvalue weighted by Gasteiger charge is 2.24. The second-order valence-electron chi connectivity index (χ2n) is 18.2. The van der Waals surface area contributed by atoms with Crippen molar-refractivity contribution in [2.45, 2.75) is 127 Å². The van der Waals surface area contributed by atoms with Crippen LogP contribution in [0.5, 0.6) is 11.5 Å². The fourth-order valence-electron chi connectivity index (χ4n) is 8.90. The number of carbonyl (C=O) groups is 4. The van der Waals surface area contributed by atoms with Crippen LogP contribution in [-0.2, 0) is 26.2 Å². The number of unbranched alkanes of at least 4 members (excludes halogenated alkanes) is 4. The Morgan fingerprint density at radius 2 is 1.05 bits per heavy atom. The number of aryl methyl sites for hydroxylation is 4. The molecule has 1 aliphatic heterocycles. The molecular formula is C54H81N15O6. The van der Waals surface area contributed by atoms with E-state index < -0.39 is 23.6 Å². The zero-order valence-electron chi connectivity index (χ0n) is 45.7. The van der Waals surface area contributed by atoms with Crippen molar-refractivity contribution >= 4 is 57.6 Å². The molecule has 21 heteroatoms. The Balaban J connectivity index is 0.00000201. The Labute approximate surface area is 441 Å². The van der Waals surface area contributed by atoms with Crippen molar-refractivity contribution in [1.82, 2.24) is 48.5 Å². The van der Waals surface area contributed by atoms with Gasteiger partial charge in [0, 0.05) is 70.0 Å². The van der Waals surface area contributed by atoms with E-state index in [0.29, 0.717) is 76.0 Å². The number of primary amides is 2. The van der Waals surface area contributed by atoms with Gasteiger partial charge in [-0.15, -0.1) is 0 Å². The van der Waals surface area contributed by atoms with Crippen molar-refractivity contribution < 1.29 is 28.7 Å². The Bertz CT molecular complexity index is 2870. The summed E-state index contributed by atoms with van der Waals surface area (Å²) in [6.07, 6.45) is 11.7. The SMILES string of the molecule is CC.CCC.CCn1nc(C)cc1C(=O)Nc1nc2cc(C(N)=O)cc(OC)c2n1C/C=C/Cn1c(NC(=O)c2cc(C)nn2CC)nc2cc(C(N)=O)cc(OCCCN3CCN(CCCCCCCN)CC3)c21. The molecule has 21 nitrogen and oxygen atoms in total. The van der Waals surface area contributed by atoms with Gasteiger partial charge in [0.1, 0.15) is 33.9 Å². The Hall–Kier alpha value is -7.10. The van der Waals surface area contributed by atoms with Gasteiger partial charge in [-0.2, -0.15) is 10.2 Å². The molecule has 4 amide bonds. The minimum Gasteiger partial charge on any atom is -0.494 e. The number of hydrogen-bond acceptors (Lipinski definition) is 13. The first-order valence-electron chi connectivity index (χ1n) is 26.6. The number of methoxy groups -OCH3 is 1. The molecule has 1 aliphatic rings. The van der Waals surface area contributed by atoms with Crippen molar-refractivity contribution in [3.63, 3.8) is 0 Å². The second kappa shape index (κ2) is 29.1. The van der Waals surface area contributed by atoms with Crippen LogP contribution in [0.15, 0.2) is 48.6 Å². The van der Waals surface area contributed by atoms with Gasteiger partial charge in [0.15, 0.2) is 0 Å². The lowest BCUT2D eigenvalue weighted by Gasteiger charge is -2.34. The predicted octanol–water partition coefficient (Wildman–Crippen LogP) is 7.14. The van der Waals surface area contributed by atoms with Crippen LogP contribution in [0.4, 0.5) is 11.9 Å². The highest BCUT2D eigenvalue weighted by molar-refractivity contribution is 6.05. The molecule has 408 valence electrons. The Morgan fingerprint density at radius 3 is 1.49 bits per heavy atom. The number of piperazine rings is 1. The molecule has 0 atom stereocenters. The van der Waals surface area contributed by atoms with Gasteiger partial charge in [0.05, 0.1) is 36.1 Å². The summed E-state index contributed by atoms with van der Waals surface area (Å²) in [6.45, 7) is 24.1. The van der Waals surface area contributed by atoms with Gasteiger partial charge in [0.25, 0.3) is 11.8 Å². The van der Waals surface area contributed by atoms with Crippen molar-refractivity contribution in [1.29, 1.82) is 0 Å². The minimum absolute atomic E-state index is 0.173. The van der Waals surface area contributed by atoms with Crippen LogP contribution in [0, 0.1) is 13.8 Å². The number of rotatable bonds is 25. The minimum atomic E-state index is -0.663. The number of benzene rings is 2. The van der Waals surface area contributed by atoms with Crippen molar-refractivity contribution in [3.05, 3.63) is 82.5 Å². The van der Waals surface area contributed by atoms with Gasteiger partial charge in [0.2, 0.25) is 23.7 Å². The predicted molar refractivity (Wildman–Crippen MR) is 296 cm³/mol. The summed E-state index contributed by atoms with van der Waals surface area (Å²) < 4.78 is 19.0. The first kappa shape index (κ1) is 58.8. The molecule has 0 radical (unpaired) electrons. The molecule has 2 aromatic carbocycles. The first-order valence-corrected chi connectivity index (χ1v) is 26.6. The maximum atomic E-state index is 13.9. The van der Waals surface area contributed by atoms with Crippen LogP contribution in [0.2, 0.25) is 0 Å².